The Labute approximate surface area is 87.1 Å². The summed E-state index contributed by atoms with van der Waals surface area (Å²) in [6.45, 7) is 0. The number of aliphatic hydroxyl groups excluding tert-OH is 2. The highest BCUT2D eigenvalue weighted by molar-refractivity contribution is 7.80. The van der Waals surface area contributed by atoms with Crippen LogP contribution in [-0.4, -0.2) is 51.9 Å². The topological polar surface area (TPSA) is 66.8 Å². The zero-order chi connectivity index (χ0) is 10.1. The van der Waals surface area contributed by atoms with Crippen LogP contribution in [0.3, 0.4) is 0 Å². The summed E-state index contributed by atoms with van der Waals surface area (Å²) in [5.74, 6) is 0.292. The van der Waals surface area contributed by atoms with Crippen LogP contribution >= 0.6 is 25.3 Å². The highest BCUT2D eigenvalue weighted by atomic mass is 32.1. The number of hydrogen-bond donors (Lipinski definition) is 4. The molecule has 1 aliphatic rings. The molecule has 1 fully saturated rings. The van der Waals surface area contributed by atoms with E-state index in [1.807, 2.05) is 0 Å². The minimum Gasteiger partial charge on any atom is -0.388 e. The first-order chi connectivity index (χ1) is 6.11. The Hall–Kier alpha value is 0.250. The van der Waals surface area contributed by atoms with Gasteiger partial charge in [0.05, 0.1) is 6.10 Å². The molecule has 0 aliphatic carbocycles. The third-order valence-electron chi connectivity index (χ3n) is 2.20. The van der Waals surface area contributed by atoms with Crippen LogP contribution in [-0.2, 0) is 9.53 Å². The van der Waals surface area contributed by atoms with Gasteiger partial charge in [0.15, 0.2) is 11.9 Å². The van der Waals surface area contributed by atoms with Gasteiger partial charge in [-0.2, -0.15) is 25.3 Å². The summed E-state index contributed by atoms with van der Waals surface area (Å²) in [5.41, 5.74) is -1.38. The average Bonchev–Trinajstić information content (AvgIpc) is 2.42. The maximum absolute atomic E-state index is 10.7. The van der Waals surface area contributed by atoms with Crippen molar-refractivity contribution in [3.8, 4) is 0 Å². The smallest absolute Gasteiger partial charge is 0.161 e. The monoisotopic (exact) mass is 224 g/mol. The normalized spacial score (nSPS) is 45.1. The lowest BCUT2D eigenvalue weighted by Gasteiger charge is -2.23. The van der Waals surface area contributed by atoms with Crippen LogP contribution in [0, 0.1) is 0 Å². The minimum absolute atomic E-state index is 0.0407. The van der Waals surface area contributed by atoms with Gasteiger partial charge in [0.1, 0.15) is 12.2 Å². The molecule has 0 bridgehead atoms. The zero-order valence-electron chi connectivity index (χ0n) is 6.83. The first-order valence-corrected chi connectivity index (χ1v) is 5.10. The lowest BCUT2D eigenvalue weighted by Crippen LogP contribution is -2.46. The highest BCUT2D eigenvalue weighted by Gasteiger charge is 2.52. The first kappa shape index (κ1) is 11.3. The molecule has 0 aromatic heterocycles. The molecule has 4 atom stereocenters. The molecule has 4 nitrogen and oxygen atoms in total. The zero-order valence-corrected chi connectivity index (χ0v) is 8.62. The second kappa shape index (κ2) is 4.18. The molecule has 0 aromatic carbocycles. The number of aldehydes is 1. The first-order valence-electron chi connectivity index (χ1n) is 3.83. The fourth-order valence-electron chi connectivity index (χ4n) is 1.32. The largest absolute Gasteiger partial charge is 0.388 e. The van der Waals surface area contributed by atoms with Crippen LogP contribution in [0.15, 0.2) is 0 Å². The SMILES string of the molecule is O=CC1(CS)OC(CS)C(O)C1O. The summed E-state index contributed by atoms with van der Waals surface area (Å²) in [7, 11) is 0. The Kier molecular flexibility index (Phi) is 3.64. The summed E-state index contributed by atoms with van der Waals surface area (Å²) < 4.78 is 5.20. The number of hydrogen-bond acceptors (Lipinski definition) is 6. The van der Waals surface area contributed by atoms with Crippen molar-refractivity contribution in [2.75, 3.05) is 11.5 Å². The molecule has 2 N–H and O–H groups in total. The van der Waals surface area contributed by atoms with E-state index in [0.29, 0.717) is 6.29 Å². The number of aliphatic hydroxyl groups is 2. The van der Waals surface area contributed by atoms with Crippen molar-refractivity contribution in [3.63, 3.8) is 0 Å². The summed E-state index contributed by atoms with van der Waals surface area (Å²) in [4.78, 5) is 10.7. The van der Waals surface area contributed by atoms with E-state index in [1.54, 1.807) is 0 Å². The van der Waals surface area contributed by atoms with Gasteiger partial charge < -0.3 is 14.9 Å². The van der Waals surface area contributed by atoms with Crippen molar-refractivity contribution < 1.29 is 19.7 Å². The fraction of sp³-hybridized carbons (Fsp3) is 0.857. The van der Waals surface area contributed by atoms with Gasteiger partial charge in [0, 0.05) is 11.5 Å². The van der Waals surface area contributed by atoms with Crippen LogP contribution in [0.4, 0.5) is 0 Å². The molecular formula is C7H12O4S2. The number of carbonyl (C=O) groups excluding carboxylic acids is 1. The van der Waals surface area contributed by atoms with Crippen LogP contribution in [0.2, 0.25) is 0 Å². The van der Waals surface area contributed by atoms with Crippen molar-refractivity contribution in [3.05, 3.63) is 0 Å². The van der Waals surface area contributed by atoms with E-state index in [1.165, 1.54) is 0 Å². The van der Waals surface area contributed by atoms with E-state index >= 15 is 0 Å². The van der Waals surface area contributed by atoms with E-state index in [4.69, 9.17) is 4.74 Å². The Morgan fingerprint density at radius 1 is 1.46 bits per heavy atom. The molecule has 0 aromatic rings. The third kappa shape index (κ3) is 1.73. The van der Waals surface area contributed by atoms with Crippen molar-refractivity contribution in [2.24, 2.45) is 0 Å². The van der Waals surface area contributed by atoms with Crippen molar-refractivity contribution in [2.45, 2.75) is 23.9 Å². The van der Waals surface area contributed by atoms with Gasteiger partial charge in [-0.25, -0.2) is 0 Å². The molecule has 0 radical (unpaired) electrons. The maximum Gasteiger partial charge on any atom is 0.161 e. The van der Waals surface area contributed by atoms with Crippen LogP contribution in [0.1, 0.15) is 0 Å². The minimum atomic E-state index is -1.38. The van der Waals surface area contributed by atoms with E-state index < -0.39 is 23.9 Å². The van der Waals surface area contributed by atoms with Crippen molar-refractivity contribution in [1.82, 2.24) is 0 Å². The molecule has 76 valence electrons. The van der Waals surface area contributed by atoms with Crippen LogP contribution in [0.25, 0.3) is 0 Å². The van der Waals surface area contributed by atoms with Crippen LogP contribution in [0.5, 0.6) is 0 Å². The van der Waals surface area contributed by atoms with Gasteiger partial charge in [-0.1, -0.05) is 0 Å². The molecule has 13 heavy (non-hydrogen) atoms. The molecule has 0 saturated carbocycles. The van der Waals surface area contributed by atoms with E-state index in [0.717, 1.165) is 0 Å². The lowest BCUT2D eigenvalue weighted by molar-refractivity contribution is -0.133. The Morgan fingerprint density at radius 3 is 2.31 bits per heavy atom. The van der Waals surface area contributed by atoms with Gasteiger partial charge in [-0.3, -0.25) is 4.79 Å². The Balaban J connectivity index is 2.85. The molecule has 0 spiro atoms. The number of thiol groups is 2. The number of rotatable bonds is 3. The van der Waals surface area contributed by atoms with Gasteiger partial charge in [-0.15, -0.1) is 0 Å². The molecule has 6 heteroatoms. The molecule has 0 amide bonds. The standard InChI is InChI=1S/C7H12O4S2/c8-2-7(3-13)6(10)5(9)4(1-12)11-7/h2,4-6,9-10,12-13H,1,3H2. The van der Waals surface area contributed by atoms with E-state index in [-0.39, 0.29) is 11.5 Å². The molecule has 1 saturated heterocycles. The van der Waals surface area contributed by atoms with E-state index in [9.17, 15) is 15.0 Å². The average molecular weight is 224 g/mol. The van der Waals surface area contributed by atoms with Crippen molar-refractivity contribution in [1.29, 1.82) is 0 Å². The predicted molar refractivity (Wildman–Crippen MR) is 53.4 cm³/mol. The highest BCUT2D eigenvalue weighted by Crippen LogP contribution is 2.31. The second-order valence-electron chi connectivity index (χ2n) is 3.01. The van der Waals surface area contributed by atoms with Crippen LogP contribution < -0.4 is 0 Å². The number of ether oxygens (including phenoxy) is 1. The van der Waals surface area contributed by atoms with E-state index in [2.05, 4.69) is 25.3 Å². The Morgan fingerprint density at radius 2 is 2.08 bits per heavy atom. The third-order valence-corrected chi connectivity index (χ3v) is 3.06. The maximum atomic E-state index is 10.7. The Bertz CT molecular complexity index is 201. The molecular weight excluding hydrogens is 212 g/mol. The van der Waals surface area contributed by atoms with Crippen molar-refractivity contribution >= 4 is 31.5 Å². The quantitative estimate of drug-likeness (QED) is 0.363. The second-order valence-corrected chi connectivity index (χ2v) is 3.69. The lowest BCUT2D eigenvalue weighted by atomic mass is 9.98. The predicted octanol–water partition coefficient (Wildman–Crippen LogP) is -1.10. The molecule has 1 aliphatic heterocycles. The molecule has 4 unspecified atom stereocenters. The summed E-state index contributed by atoms with van der Waals surface area (Å²) in [6, 6.07) is 0. The number of carbonyl (C=O) groups is 1. The summed E-state index contributed by atoms with van der Waals surface area (Å²) >= 11 is 7.84. The summed E-state index contributed by atoms with van der Waals surface area (Å²) in [6.07, 6.45) is -2.43. The van der Waals surface area contributed by atoms with Gasteiger partial charge in [0.2, 0.25) is 0 Å². The van der Waals surface area contributed by atoms with Gasteiger partial charge in [0.25, 0.3) is 0 Å². The van der Waals surface area contributed by atoms with Gasteiger partial charge >= 0.3 is 0 Å². The molecule has 1 heterocycles. The fourth-order valence-corrected chi connectivity index (χ4v) is 1.95. The molecule has 1 rings (SSSR count). The summed E-state index contributed by atoms with van der Waals surface area (Å²) in [5, 5.41) is 19.0. The van der Waals surface area contributed by atoms with Gasteiger partial charge in [-0.05, 0) is 0 Å².